The van der Waals surface area contributed by atoms with Gasteiger partial charge < -0.3 is 15.1 Å². The van der Waals surface area contributed by atoms with Gasteiger partial charge in [-0.25, -0.2) is 9.97 Å². The number of hydrogen-bond acceptors (Lipinski definition) is 6. The highest BCUT2D eigenvalue weighted by atomic mass is 32.1. The number of benzene rings is 1. The van der Waals surface area contributed by atoms with Crippen LogP contribution < -0.4 is 5.73 Å². The van der Waals surface area contributed by atoms with Gasteiger partial charge in [-0.05, 0) is 37.5 Å². The first-order valence-corrected chi connectivity index (χ1v) is 9.84. The van der Waals surface area contributed by atoms with Crippen LogP contribution in [0.1, 0.15) is 58.4 Å². The second kappa shape index (κ2) is 5.81. The zero-order valence-corrected chi connectivity index (χ0v) is 15.4. The zero-order valence-electron chi connectivity index (χ0n) is 14.6. The van der Waals surface area contributed by atoms with Crippen molar-refractivity contribution in [2.75, 3.05) is 12.3 Å². The largest absolute Gasteiger partial charge is 0.445 e. The molecule has 1 saturated carbocycles. The van der Waals surface area contributed by atoms with Crippen LogP contribution in [0.5, 0.6) is 0 Å². The molecule has 0 unspecified atom stereocenters. The van der Waals surface area contributed by atoms with E-state index < -0.39 is 0 Å². The molecular formula is C19H20N4O2S. The number of rotatable bonds is 2. The Balaban J connectivity index is 1.41. The van der Waals surface area contributed by atoms with Crippen LogP contribution >= 0.6 is 11.3 Å². The second-order valence-corrected chi connectivity index (χ2v) is 8.28. The number of carbonyl (C=O) groups is 1. The normalized spacial score (nSPS) is 17.3. The van der Waals surface area contributed by atoms with E-state index in [2.05, 4.69) is 9.97 Å². The van der Waals surface area contributed by atoms with Crippen molar-refractivity contribution in [3.05, 3.63) is 40.6 Å². The molecule has 0 saturated heterocycles. The molecule has 0 spiro atoms. The van der Waals surface area contributed by atoms with Crippen LogP contribution in [0, 0.1) is 6.92 Å². The van der Waals surface area contributed by atoms with E-state index in [4.69, 9.17) is 10.2 Å². The Morgan fingerprint density at radius 2 is 2.19 bits per heavy atom. The number of anilines is 1. The molecular weight excluding hydrogens is 348 g/mol. The maximum absolute atomic E-state index is 13.0. The summed E-state index contributed by atoms with van der Waals surface area (Å²) in [6.45, 7) is 3.15. The summed E-state index contributed by atoms with van der Waals surface area (Å²) in [6.07, 6.45) is 4.32. The minimum absolute atomic E-state index is 0.0285. The van der Waals surface area contributed by atoms with Gasteiger partial charge in [0.2, 0.25) is 0 Å². The Bertz CT molecular complexity index is 1020. The predicted octanol–water partition coefficient (Wildman–Crippen LogP) is 3.64. The molecule has 0 atom stereocenters. The van der Waals surface area contributed by atoms with Crippen molar-refractivity contribution in [3.8, 4) is 0 Å². The maximum atomic E-state index is 13.0. The standard InChI is InChI=1S/C19H20N4O2S/c1-10-7-12(8-15-16(10)22-19(20)26-15)18(24)23-6-5-14-13(9-23)21-17(25-14)11-3-2-4-11/h7-8,11H,2-6,9H2,1H3,(H2,20,22). The molecule has 134 valence electrons. The average Bonchev–Trinajstić information content (AvgIpc) is 3.14. The molecule has 1 aliphatic carbocycles. The van der Waals surface area contributed by atoms with Gasteiger partial charge >= 0.3 is 0 Å². The molecule has 1 fully saturated rings. The first-order valence-electron chi connectivity index (χ1n) is 9.03. The lowest BCUT2D eigenvalue weighted by atomic mass is 9.85. The van der Waals surface area contributed by atoms with Crippen LogP contribution in [0.15, 0.2) is 16.5 Å². The maximum Gasteiger partial charge on any atom is 0.254 e. The molecule has 26 heavy (non-hydrogen) atoms. The van der Waals surface area contributed by atoms with Gasteiger partial charge in [0.05, 0.1) is 16.8 Å². The number of thiazole rings is 1. The van der Waals surface area contributed by atoms with Gasteiger partial charge in [-0.3, -0.25) is 4.79 Å². The number of oxazole rings is 1. The number of aryl methyl sites for hydroxylation is 1. The fourth-order valence-electron chi connectivity index (χ4n) is 3.74. The smallest absolute Gasteiger partial charge is 0.254 e. The number of nitrogens with two attached hydrogens (primary N) is 1. The Kier molecular flexibility index (Phi) is 3.53. The van der Waals surface area contributed by atoms with Crippen molar-refractivity contribution >= 4 is 32.6 Å². The van der Waals surface area contributed by atoms with E-state index in [0.29, 0.717) is 29.7 Å². The first-order chi connectivity index (χ1) is 12.6. The Morgan fingerprint density at radius 3 is 2.96 bits per heavy atom. The van der Waals surface area contributed by atoms with E-state index in [0.717, 1.165) is 39.5 Å². The van der Waals surface area contributed by atoms with Crippen molar-refractivity contribution in [1.29, 1.82) is 0 Å². The monoisotopic (exact) mass is 368 g/mol. The summed E-state index contributed by atoms with van der Waals surface area (Å²) in [5.41, 5.74) is 9.28. The summed E-state index contributed by atoms with van der Waals surface area (Å²) >= 11 is 1.42. The second-order valence-electron chi connectivity index (χ2n) is 7.22. The number of nitrogens with zero attached hydrogens (tertiary/aromatic N) is 3. The van der Waals surface area contributed by atoms with Crippen LogP contribution in [0.3, 0.4) is 0 Å². The zero-order chi connectivity index (χ0) is 17.8. The Labute approximate surface area is 155 Å². The molecule has 1 aliphatic heterocycles. The molecule has 0 bridgehead atoms. The van der Waals surface area contributed by atoms with E-state index in [9.17, 15) is 4.79 Å². The van der Waals surface area contributed by atoms with Crippen LogP contribution in [-0.2, 0) is 13.0 Å². The van der Waals surface area contributed by atoms with Crippen LogP contribution in [-0.4, -0.2) is 27.3 Å². The minimum Gasteiger partial charge on any atom is -0.445 e. The number of hydrogen-bond donors (Lipinski definition) is 1. The summed E-state index contributed by atoms with van der Waals surface area (Å²) in [7, 11) is 0. The van der Waals surface area contributed by atoms with E-state index in [-0.39, 0.29) is 5.91 Å². The third-order valence-electron chi connectivity index (χ3n) is 5.43. The molecule has 1 amide bonds. The lowest BCUT2D eigenvalue weighted by Crippen LogP contribution is -2.35. The summed E-state index contributed by atoms with van der Waals surface area (Å²) < 4.78 is 6.91. The fourth-order valence-corrected chi connectivity index (χ4v) is 4.59. The van der Waals surface area contributed by atoms with Gasteiger partial charge in [0.1, 0.15) is 11.5 Å². The SMILES string of the molecule is Cc1cc(C(=O)N2CCc3oc(C4CCC4)nc3C2)cc2sc(N)nc12. The predicted molar refractivity (Wildman–Crippen MR) is 100 cm³/mol. The number of carbonyl (C=O) groups excluding carboxylic acids is 1. The first kappa shape index (κ1) is 15.8. The van der Waals surface area contributed by atoms with E-state index >= 15 is 0 Å². The van der Waals surface area contributed by atoms with Crippen molar-refractivity contribution in [3.63, 3.8) is 0 Å². The average molecular weight is 368 g/mol. The molecule has 6 nitrogen and oxygen atoms in total. The molecule has 2 N–H and O–H groups in total. The van der Waals surface area contributed by atoms with E-state index in [1.807, 2.05) is 24.0 Å². The number of nitrogen functional groups attached to an aromatic ring is 1. The van der Waals surface area contributed by atoms with Gasteiger partial charge in [0.15, 0.2) is 11.0 Å². The van der Waals surface area contributed by atoms with Gasteiger partial charge in [-0.15, -0.1) is 0 Å². The van der Waals surface area contributed by atoms with Gasteiger partial charge in [-0.2, -0.15) is 0 Å². The van der Waals surface area contributed by atoms with Crippen molar-refractivity contribution in [1.82, 2.24) is 14.9 Å². The van der Waals surface area contributed by atoms with Crippen LogP contribution in [0.2, 0.25) is 0 Å². The highest BCUT2D eigenvalue weighted by molar-refractivity contribution is 7.22. The van der Waals surface area contributed by atoms with Gasteiger partial charge in [0, 0.05) is 24.4 Å². The van der Waals surface area contributed by atoms with Crippen LogP contribution in [0.25, 0.3) is 10.2 Å². The fraction of sp³-hybridized carbons (Fsp3) is 0.421. The molecule has 3 aromatic rings. The minimum atomic E-state index is 0.0285. The third kappa shape index (κ3) is 2.49. The highest BCUT2D eigenvalue weighted by Crippen LogP contribution is 2.37. The van der Waals surface area contributed by atoms with Crippen molar-refractivity contribution in [2.24, 2.45) is 0 Å². The summed E-state index contributed by atoms with van der Waals surface area (Å²) in [4.78, 5) is 23.9. The summed E-state index contributed by atoms with van der Waals surface area (Å²) in [6, 6.07) is 3.80. The van der Waals surface area contributed by atoms with Crippen LogP contribution in [0.4, 0.5) is 5.13 Å². The van der Waals surface area contributed by atoms with E-state index in [1.54, 1.807) is 0 Å². The van der Waals surface area contributed by atoms with Crippen molar-refractivity contribution < 1.29 is 9.21 Å². The number of aromatic nitrogens is 2. The number of fused-ring (bicyclic) bond motifs is 2. The van der Waals surface area contributed by atoms with Crippen molar-refractivity contribution in [2.45, 2.75) is 45.1 Å². The molecule has 5 rings (SSSR count). The molecule has 0 radical (unpaired) electrons. The third-order valence-corrected chi connectivity index (χ3v) is 6.27. The van der Waals surface area contributed by atoms with Gasteiger partial charge in [-0.1, -0.05) is 17.8 Å². The topological polar surface area (TPSA) is 85.2 Å². The number of amides is 1. The van der Waals surface area contributed by atoms with E-state index in [1.165, 1.54) is 30.6 Å². The lowest BCUT2D eigenvalue weighted by Gasteiger charge is -2.25. The summed E-state index contributed by atoms with van der Waals surface area (Å²) in [5, 5.41) is 0.529. The molecule has 2 aromatic heterocycles. The summed E-state index contributed by atoms with van der Waals surface area (Å²) in [5.74, 6) is 2.33. The highest BCUT2D eigenvalue weighted by Gasteiger charge is 2.30. The lowest BCUT2D eigenvalue weighted by molar-refractivity contribution is 0.0728. The van der Waals surface area contributed by atoms with Gasteiger partial charge in [0.25, 0.3) is 5.91 Å². The Hall–Kier alpha value is -2.41. The molecule has 3 heterocycles. The molecule has 1 aromatic carbocycles. The Morgan fingerprint density at radius 1 is 1.35 bits per heavy atom. The molecule has 7 heteroatoms. The molecule has 2 aliphatic rings. The quantitative estimate of drug-likeness (QED) is 0.746.